The molecule has 0 saturated carbocycles. The van der Waals surface area contributed by atoms with Gasteiger partial charge in [-0.05, 0) is 18.2 Å². The number of phenolic OH excluding ortho intramolecular Hbond substituents is 1. The molecular weight excluding hydrogens is 222 g/mol. The van der Waals surface area contributed by atoms with Crippen LogP contribution in [-0.4, -0.2) is 15.0 Å². The zero-order valence-electron chi connectivity index (χ0n) is 8.70. The third-order valence-corrected chi connectivity index (χ3v) is 2.14. The van der Waals surface area contributed by atoms with Crippen LogP contribution in [-0.2, 0) is 0 Å². The van der Waals surface area contributed by atoms with Crippen molar-refractivity contribution in [2.75, 3.05) is 5.32 Å². The van der Waals surface area contributed by atoms with Crippen LogP contribution < -0.4 is 5.32 Å². The van der Waals surface area contributed by atoms with Crippen molar-refractivity contribution in [1.82, 2.24) is 4.98 Å². The van der Waals surface area contributed by atoms with Crippen LogP contribution in [0, 0.1) is 10.1 Å². The maximum absolute atomic E-state index is 10.8. The third-order valence-electron chi connectivity index (χ3n) is 2.14. The van der Waals surface area contributed by atoms with Crippen LogP contribution in [0.15, 0.2) is 42.6 Å². The number of nitrogens with one attached hydrogen (secondary N) is 1. The molecule has 0 atom stereocenters. The Morgan fingerprint density at radius 2 is 2.00 bits per heavy atom. The first-order valence-corrected chi connectivity index (χ1v) is 4.83. The van der Waals surface area contributed by atoms with Gasteiger partial charge in [0.25, 0.3) is 0 Å². The van der Waals surface area contributed by atoms with Crippen LogP contribution in [0.5, 0.6) is 5.75 Å². The minimum absolute atomic E-state index is 0.00690. The topological polar surface area (TPSA) is 88.3 Å². The Hall–Kier alpha value is -2.63. The largest absolute Gasteiger partial charge is 0.506 e. The van der Waals surface area contributed by atoms with Crippen LogP contribution in [0.25, 0.3) is 0 Å². The zero-order chi connectivity index (χ0) is 12.3. The van der Waals surface area contributed by atoms with Crippen molar-refractivity contribution in [3.8, 4) is 5.75 Å². The Bertz CT molecular complexity index is 557. The second-order valence-corrected chi connectivity index (χ2v) is 3.27. The van der Waals surface area contributed by atoms with Gasteiger partial charge in [0.05, 0.1) is 10.6 Å². The molecule has 0 radical (unpaired) electrons. The fourth-order valence-corrected chi connectivity index (χ4v) is 1.35. The predicted molar refractivity (Wildman–Crippen MR) is 62.3 cm³/mol. The molecule has 1 heterocycles. The van der Waals surface area contributed by atoms with Crippen molar-refractivity contribution >= 4 is 17.2 Å². The van der Waals surface area contributed by atoms with Gasteiger partial charge >= 0.3 is 5.69 Å². The highest BCUT2D eigenvalue weighted by atomic mass is 16.6. The van der Waals surface area contributed by atoms with E-state index in [1.807, 2.05) is 0 Å². The second-order valence-electron chi connectivity index (χ2n) is 3.27. The summed E-state index contributed by atoms with van der Waals surface area (Å²) in [7, 11) is 0. The summed E-state index contributed by atoms with van der Waals surface area (Å²) in [6.07, 6.45) is 1.44. The summed E-state index contributed by atoms with van der Waals surface area (Å²) in [5.74, 6) is 0.103. The Kier molecular flexibility index (Phi) is 2.87. The molecule has 6 nitrogen and oxygen atoms in total. The summed E-state index contributed by atoms with van der Waals surface area (Å²) in [6, 6.07) is 9.28. The standard InChI is InChI=1S/C11H9N3O3/c15-10-6-2-1-4-8(10)13-11-9(14(16)17)5-3-7-12-11/h1-7,15H,(H,12,13). The van der Waals surface area contributed by atoms with E-state index in [0.717, 1.165) is 0 Å². The summed E-state index contributed by atoms with van der Waals surface area (Å²) < 4.78 is 0. The summed E-state index contributed by atoms with van der Waals surface area (Å²) in [5.41, 5.74) is 0.227. The van der Waals surface area contributed by atoms with Gasteiger partial charge in [0.2, 0.25) is 5.82 Å². The molecule has 0 amide bonds. The van der Waals surface area contributed by atoms with Gasteiger partial charge in [-0.15, -0.1) is 0 Å². The van der Waals surface area contributed by atoms with E-state index >= 15 is 0 Å². The first-order chi connectivity index (χ1) is 8.18. The summed E-state index contributed by atoms with van der Waals surface area (Å²) in [6.45, 7) is 0. The Morgan fingerprint density at radius 3 is 2.71 bits per heavy atom. The lowest BCUT2D eigenvalue weighted by atomic mass is 10.3. The van der Waals surface area contributed by atoms with Crippen LogP contribution in [0.1, 0.15) is 0 Å². The van der Waals surface area contributed by atoms with E-state index in [1.165, 1.54) is 24.4 Å². The number of phenols is 1. The zero-order valence-corrected chi connectivity index (χ0v) is 8.70. The number of aromatic nitrogens is 1. The van der Waals surface area contributed by atoms with Crippen LogP contribution in [0.2, 0.25) is 0 Å². The molecule has 0 unspecified atom stereocenters. The normalized spacial score (nSPS) is 9.88. The van der Waals surface area contributed by atoms with Crippen molar-refractivity contribution in [3.05, 3.63) is 52.7 Å². The van der Waals surface area contributed by atoms with Crippen molar-refractivity contribution < 1.29 is 10.0 Å². The molecule has 2 aromatic rings. The molecule has 6 heteroatoms. The van der Waals surface area contributed by atoms with Gasteiger partial charge in [0, 0.05) is 12.3 Å². The van der Waals surface area contributed by atoms with Crippen LogP contribution in [0.4, 0.5) is 17.2 Å². The monoisotopic (exact) mass is 231 g/mol. The van der Waals surface area contributed by atoms with E-state index in [0.29, 0.717) is 5.69 Å². The van der Waals surface area contributed by atoms with Crippen molar-refractivity contribution in [3.63, 3.8) is 0 Å². The minimum Gasteiger partial charge on any atom is -0.506 e. The van der Waals surface area contributed by atoms with Crippen molar-refractivity contribution in [1.29, 1.82) is 0 Å². The summed E-state index contributed by atoms with van der Waals surface area (Å²) >= 11 is 0. The van der Waals surface area contributed by atoms with Crippen LogP contribution >= 0.6 is 0 Å². The highest BCUT2D eigenvalue weighted by molar-refractivity contribution is 5.69. The van der Waals surface area contributed by atoms with Gasteiger partial charge in [-0.25, -0.2) is 4.98 Å². The maximum Gasteiger partial charge on any atom is 0.311 e. The average Bonchev–Trinajstić information content (AvgIpc) is 2.32. The molecule has 86 valence electrons. The number of pyridine rings is 1. The second kappa shape index (κ2) is 4.48. The first kappa shape index (κ1) is 10.9. The first-order valence-electron chi connectivity index (χ1n) is 4.83. The quantitative estimate of drug-likeness (QED) is 0.481. The van der Waals surface area contributed by atoms with E-state index in [-0.39, 0.29) is 17.3 Å². The van der Waals surface area contributed by atoms with E-state index in [9.17, 15) is 15.2 Å². The van der Waals surface area contributed by atoms with E-state index in [4.69, 9.17) is 0 Å². The lowest BCUT2D eigenvalue weighted by molar-refractivity contribution is -0.384. The molecule has 0 bridgehead atoms. The highest BCUT2D eigenvalue weighted by Gasteiger charge is 2.14. The third kappa shape index (κ3) is 2.31. The van der Waals surface area contributed by atoms with Gasteiger partial charge in [-0.2, -0.15) is 0 Å². The van der Waals surface area contributed by atoms with E-state index in [1.54, 1.807) is 18.2 Å². The maximum atomic E-state index is 10.8. The number of para-hydroxylation sites is 2. The van der Waals surface area contributed by atoms with Gasteiger partial charge in [-0.3, -0.25) is 10.1 Å². The Labute approximate surface area is 96.7 Å². The number of hydrogen-bond acceptors (Lipinski definition) is 5. The molecule has 2 rings (SSSR count). The molecule has 17 heavy (non-hydrogen) atoms. The van der Waals surface area contributed by atoms with Crippen molar-refractivity contribution in [2.45, 2.75) is 0 Å². The van der Waals surface area contributed by atoms with E-state index in [2.05, 4.69) is 10.3 Å². The average molecular weight is 231 g/mol. The van der Waals surface area contributed by atoms with Gasteiger partial charge in [-0.1, -0.05) is 12.1 Å². The van der Waals surface area contributed by atoms with Gasteiger partial charge < -0.3 is 10.4 Å². The number of anilines is 2. The number of nitrogens with zero attached hydrogens (tertiary/aromatic N) is 2. The lowest BCUT2D eigenvalue weighted by Crippen LogP contribution is -1.99. The molecule has 0 spiro atoms. The SMILES string of the molecule is O=[N+]([O-])c1cccnc1Nc1ccccc1O. The van der Waals surface area contributed by atoms with Gasteiger partial charge in [0.15, 0.2) is 0 Å². The molecule has 1 aromatic carbocycles. The number of nitro groups is 1. The lowest BCUT2D eigenvalue weighted by Gasteiger charge is -2.07. The molecule has 0 aliphatic carbocycles. The Balaban J connectivity index is 2.37. The van der Waals surface area contributed by atoms with E-state index < -0.39 is 4.92 Å². The molecule has 0 fully saturated rings. The molecule has 0 saturated heterocycles. The molecule has 0 aliphatic rings. The number of benzene rings is 1. The Morgan fingerprint density at radius 1 is 1.24 bits per heavy atom. The highest BCUT2D eigenvalue weighted by Crippen LogP contribution is 2.29. The molecule has 2 N–H and O–H groups in total. The van der Waals surface area contributed by atoms with Crippen LogP contribution in [0.3, 0.4) is 0 Å². The molecule has 1 aromatic heterocycles. The minimum atomic E-state index is -0.532. The fraction of sp³-hybridized carbons (Fsp3) is 0. The predicted octanol–water partition coefficient (Wildman–Crippen LogP) is 2.44. The number of aromatic hydroxyl groups is 1. The smallest absolute Gasteiger partial charge is 0.311 e. The summed E-state index contributed by atoms with van der Waals surface area (Å²) in [5, 5.41) is 23.0. The van der Waals surface area contributed by atoms with Crippen molar-refractivity contribution in [2.24, 2.45) is 0 Å². The van der Waals surface area contributed by atoms with Gasteiger partial charge in [0.1, 0.15) is 5.75 Å². The molecular formula is C11H9N3O3. The fourth-order valence-electron chi connectivity index (χ4n) is 1.35. The summed E-state index contributed by atoms with van der Waals surface area (Å²) in [4.78, 5) is 14.1. The number of rotatable bonds is 3. The molecule has 0 aliphatic heterocycles. The number of hydrogen-bond donors (Lipinski definition) is 2.